The summed E-state index contributed by atoms with van der Waals surface area (Å²) in [5.41, 5.74) is 7.05. The number of primary amides is 1. The number of nitrogens with zero attached hydrogens (tertiary/aromatic N) is 1. The molecule has 2 N–H and O–H groups in total. The van der Waals surface area contributed by atoms with E-state index in [-0.39, 0.29) is 0 Å². The van der Waals surface area contributed by atoms with Gasteiger partial charge in [0.05, 0.1) is 11.8 Å². The number of benzene rings is 1. The van der Waals surface area contributed by atoms with Crippen molar-refractivity contribution in [3.8, 4) is 16.2 Å². The van der Waals surface area contributed by atoms with Crippen LogP contribution in [-0.2, 0) is 0 Å². The molecule has 3 rings (SSSR count). The first-order valence-electron chi connectivity index (χ1n) is 5.52. The van der Waals surface area contributed by atoms with E-state index in [1.54, 1.807) is 18.4 Å². The lowest BCUT2D eigenvalue weighted by molar-refractivity contribution is 0.1000. The van der Waals surface area contributed by atoms with Crippen LogP contribution in [-0.4, -0.2) is 18.0 Å². The maximum Gasteiger partial charge on any atom is 0.277 e. The van der Waals surface area contributed by atoms with Crippen molar-refractivity contribution < 1.29 is 9.53 Å². The third kappa shape index (κ3) is 1.98. The first-order valence-corrected chi connectivity index (χ1v) is 7.21. The van der Waals surface area contributed by atoms with Gasteiger partial charge in [0.2, 0.25) is 0 Å². The molecule has 19 heavy (non-hydrogen) atoms. The second kappa shape index (κ2) is 4.64. The molecule has 3 aromatic rings. The number of hydrogen-bond acceptors (Lipinski definition) is 5. The summed E-state index contributed by atoms with van der Waals surface area (Å²) in [4.78, 5) is 16.7. The van der Waals surface area contributed by atoms with Gasteiger partial charge in [-0.2, -0.15) is 0 Å². The maximum atomic E-state index is 11.3. The van der Waals surface area contributed by atoms with E-state index >= 15 is 0 Å². The number of thiazole rings is 1. The number of thiophene rings is 1. The molecule has 2 aromatic heterocycles. The van der Waals surface area contributed by atoms with Crippen LogP contribution in [0.2, 0.25) is 0 Å². The number of ether oxygens (including phenoxy) is 1. The number of carbonyl (C=O) groups excluding carboxylic acids is 1. The van der Waals surface area contributed by atoms with Crippen LogP contribution in [0, 0.1) is 0 Å². The molecule has 0 spiro atoms. The Kier molecular flexibility index (Phi) is 2.96. The van der Waals surface area contributed by atoms with Gasteiger partial charge in [-0.25, -0.2) is 4.98 Å². The van der Waals surface area contributed by atoms with Crippen molar-refractivity contribution >= 4 is 38.8 Å². The van der Waals surface area contributed by atoms with Crippen molar-refractivity contribution in [2.45, 2.75) is 0 Å². The smallest absolute Gasteiger partial charge is 0.277 e. The summed E-state index contributed by atoms with van der Waals surface area (Å²) in [6.07, 6.45) is 0. The van der Waals surface area contributed by atoms with Gasteiger partial charge in [-0.1, -0.05) is 6.07 Å². The largest absolute Gasteiger partial charge is 0.494 e. The van der Waals surface area contributed by atoms with Crippen LogP contribution in [0.25, 0.3) is 20.7 Å². The monoisotopic (exact) mass is 290 g/mol. The van der Waals surface area contributed by atoms with Crippen LogP contribution >= 0.6 is 22.7 Å². The number of amides is 1. The number of fused-ring (bicyclic) bond motifs is 1. The zero-order chi connectivity index (χ0) is 13.4. The number of carbonyl (C=O) groups is 1. The summed E-state index contributed by atoms with van der Waals surface area (Å²) in [7, 11) is 1.59. The Hall–Kier alpha value is -1.92. The van der Waals surface area contributed by atoms with E-state index in [2.05, 4.69) is 4.98 Å². The zero-order valence-electron chi connectivity index (χ0n) is 10.0. The molecule has 0 bridgehead atoms. The number of methoxy groups -OCH3 is 1. The molecule has 0 fully saturated rings. The van der Waals surface area contributed by atoms with Crippen molar-refractivity contribution in [3.05, 3.63) is 34.7 Å². The highest BCUT2D eigenvalue weighted by Crippen LogP contribution is 2.39. The second-order valence-corrected chi connectivity index (χ2v) is 5.80. The minimum atomic E-state index is -0.514. The zero-order valence-corrected chi connectivity index (χ0v) is 11.7. The lowest BCUT2D eigenvalue weighted by Gasteiger charge is -2.03. The van der Waals surface area contributed by atoms with Gasteiger partial charge in [-0.05, 0) is 23.6 Å². The van der Waals surface area contributed by atoms with E-state index in [4.69, 9.17) is 10.5 Å². The molecule has 4 nitrogen and oxygen atoms in total. The summed E-state index contributed by atoms with van der Waals surface area (Å²) in [5.74, 6) is 0.138. The summed E-state index contributed by atoms with van der Waals surface area (Å²) < 4.78 is 6.21. The van der Waals surface area contributed by atoms with Crippen molar-refractivity contribution in [2.75, 3.05) is 7.11 Å². The molecule has 0 radical (unpaired) electrons. The van der Waals surface area contributed by atoms with Crippen molar-refractivity contribution in [1.29, 1.82) is 0 Å². The topological polar surface area (TPSA) is 65.2 Å². The van der Waals surface area contributed by atoms with Crippen LogP contribution in [0.3, 0.4) is 0 Å². The molecule has 0 unspecified atom stereocenters. The first kappa shape index (κ1) is 12.1. The molecule has 0 atom stereocenters. The Balaban J connectivity index is 2.33. The van der Waals surface area contributed by atoms with Crippen LogP contribution in [0.5, 0.6) is 5.75 Å². The maximum absolute atomic E-state index is 11.3. The molecule has 0 aliphatic carbocycles. The highest BCUT2D eigenvalue weighted by atomic mass is 32.1. The van der Waals surface area contributed by atoms with E-state index in [0.717, 1.165) is 15.1 Å². The molecule has 1 aromatic carbocycles. The van der Waals surface area contributed by atoms with Crippen molar-refractivity contribution in [3.63, 3.8) is 0 Å². The van der Waals surface area contributed by atoms with Gasteiger partial charge in [0.15, 0.2) is 5.01 Å². The second-order valence-electron chi connectivity index (χ2n) is 3.85. The average molecular weight is 290 g/mol. The number of aromatic nitrogens is 1. The lowest BCUT2D eigenvalue weighted by atomic mass is 10.1. The number of hydrogen-bond donors (Lipinski definition) is 1. The Morgan fingerprint density at radius 3 is 2.84 bits per heavy atom. The minimum Gasteiger partial charge on any atom is -0.494 e. The Labute approximate surface area is 117 Å². The highest BCUT2D eigenvalue weighted by Gasteiger charge is 2.16. The van der Waals surface area contributed by atoms with Gasteiger partial charge in [-0.15, -0.1) is 22.7 Å². The van der Waals surface area contributed by atoms with E-state index in [1.807, 2.05) is 29.6 Å². The van der Waals surface area contributed by atoms with Gasteiger partial charge >= 0.3 is 0 Å². The first-order chi connectivity index (χ1) is 9.20. The Morgan fingerprint density at radius 1 is 1.37 bits per heavy atom. The Bertz CT molecular complexity index is 747. The van der Waals surface area contributed by atoms with E-state index in [9.17, 15) is 4.79 Å². The van der Waals surface area contributed by atoms with Crippen LogP contribution in [0.15, 0.2) is 29.6 Å². The molecular formula is C13H10N2O2S2. The fourth-order valence-corrected chi connectivity index (χ4v) is 3.66. The van der Waals surface area contributed by atoms with E-state index in [1.165, 1.54) is 11.3 Å². The summed E-state index contributed by atoms with van der Waals surface area (Å²) in [6.45, 7) is 0. The molecule has 0 aliphatic heterocycles. The van der Waals surface area contributed by atoms with Gasteiger partial charge in [0.1, 0.15) is 11.3 Å². The van der Waals surface area contributed by atoms with Crippen LogP contribution in [0.1, 0.15) is 9.80 Å². The SMILES string of the molecule is COc1ccc(-c2cccs2)c2sc(C(N)=O)nc12. The predicted molar refractivity (Wildman–Crippen MR) is 78.0 cm³/mol. The molecule has 0 aliphatic rings. The standard InChI is InChI=1S/C13H10N2O2S2/c1-17-8-5-4-7(9-3-2-6-18-9)11-10(8)15-13(19-11)12(14)16/h2-6H,1H3,(H2,14,16). The minimum absolute atomic E-state index is 0.303. The summed E-state index contributed by atoms with van der Waals surface area (Å²) >= 11 is 2.94. The quantitative estimate of drug-likeness (QED) is 0.806. The van der Waals surface area contributed by atoms with Gasteiger partial charge in [0.25, 0.3) is 5.91 Å². The van der Waals surface area contributed by atoms with E-state index < -0.39 is 5.91 Å². The van der Waals surface area contributed by atoms with Crippen LogP contribution < -0.4 is 10.5 Å². The Morgan fingerprint density at radius 2 is 2.21 bits per heavy atom. The fraction of sp³-hybridized carbons (Fsp3) is 0.0769. The molecule has 0 saturated heterocycles. The molecule has 2 heterocycles. The molecule has 0 saturated carbocycles. The lowest BCUT2D eigenvalue weighted by Crippen LogP contribution is -2.09. The molecular weight excluding hydrogens is 280 g/mol. The van der Waals surface area contributed by atoms with Gasteiger partial charge in [-0.3, -0.25) is 4.79 Å². The normalized spacial score (nSPS) is 10.8. The molecule has 96 valence electrons. The van der Waals surface area contributed by atoms with Crippen LogP contribution in [0.4, 0.5) is 0 Å². The third-order valence-corrected chi connectivity index (χ3v) is 4.73. The molecule has 1 amide bonds. The highest BCUT2D eigenvalue weighted by molar-refractivity contribution is 7.21. The third-order valence-electron chi connectivity index (χ3n) is 2.72. The fourth-order valence-electron chi connectivity index (χ4n) is 1.88. The van der Waals surface area contributed by atoms with Crippen molar-refractivity contribution in [2.24, 2.45) is 5.73 Å². The summed E-state index contributed by atoms with van der Waals surface area (Å²) in [5, 5.41) is 2.32. The average Bonchev–Trinajstić information content (AvgIpc) is 3.06. The summed E-state index contributed by atoms with van der Waals surface area (Å²) in [6, 6.07) is 7.87. The number of nitrogens with two attached hydrogens (primary N) is 1. The van der Waals surface area contributed by atoms with Crippen molar-refractivity contribution in [1.82, 2.24) is 4.98 Å². The van der Waals surface area contributed by atoms with Gasteiger partial charge in [0, 0.05) is 10.4 Å². The number of rotatable bonds is 3. The molecule has 6 heteroatoms. The van der Waals surface area contributed by atoms with E-state index in [0.29, 0.717) is 16.3 Å². The van der Waals surface area contributed by atoms with Gasteiger partial charge < -0.3 is 10.5 Å². The predicted octanol–water partition coefficient (Wildman–Crippen LogP) is 3.13.